The zero-order valence-electron chi connectivity index (χ0n) is 14.5. The molecule has 25 heavy (non-hydrogen) atoms. The highest BCUT2D eigenvalue weighted by atomic mass is 35.5. The Morgan fingerprint density at radius 1 is 1.36 bits per heavy atom. The van der Waals surface area contributed by atoms with Crippen molar-refractivity contribution >= 4 is 17.6 Å². The van der Waals surface area contributed by atoms with Gasteiger partial charge >= 0.3 is 0 Å². The summed E-state index contributed by atoms with van der Waals surface area (Å²) >= 11 is 6.08. The summed E-state index contributed by atoms with van der Waals surface area (Å²) < 4.78 is 24.8. The van der Waals surface area contributed by atoms with Crippen molar-refractivity contribution in [3.63, 3.8) is 0 Å². The molecule has 0 aliphatic carbocycles. The maximum absolute atomic E-state index is 13.1. The number of nitrogens with one attached hydrogen (secondary N) is 1. The Kier molecular flexibility index (Phi) is 6.51. The molecule has 0 bridgehead atoms. The van der Waals surface area contributed by atoms with E-state index in [9.17, 15) is 4.39 Å². The molecular formula is C18H25ClFN3O2. The number of guanidine groups is 1. The predicted octanol–water partition coefficient (Wildman–Crippen LogP) is 2.48. The smallest absolute Gasteiger partial charge is 0.193 e. The fourth-order valence-corrected chi connectivity index (χ4v) is 3.62. The van der Waals surface area contributed by atoms with Gasteiger partial charge in [-0.15, -0.1) is 0 Å². The molecular weight excluding hydrogens is 345 g/mol. The maximum Gasteiger partial charge on any atom is 0.193 e. The quantitative estimate of drug-likeness (QED) is 0.654. The molecule has 1 aromatic carbocycles. The Labute approximate surface area is 153 Å². The average molecular weight is 370 g/mol. The SMILES string of the molecule is CN=C(NCCc1ccc(F)cc1Cl)N1CCOC(C2CCCO2)C1. The monoisotopic (exact) mass is 369 g/mol. The molecule has 0 spiro atoms. The first kappa shape index (κ1) is 18.4. The van der Waals surface area contributed by atoms with Crippen molar-refractivity contribution < 1.29 is 13.9 Å². The van der Waals surface area contributed by atoms with Gasteiger partial charge in [-0.25, -0.2) is 4.39 Å². The number of morpholine rings is 1. The van der Waals surface area contributed by atoms with Gasteiger partial charge in [0.25, 0.3) is 0 Å². The van der Waals surface area contributed by atoms with Crippen LogP contribution in [0.25, 0.3) is 0 Å². The molecule has 0 amide bonds. The minimum absolute atomic E-state index is 0.0985. The zero-order chi connectivity index (χ0) is 17.6. The normalized spacial score (nSPS) is 24.6. The number of aliphatic imine (C=N–C) groups is 1. The molecule has 2 fully saturated rings. The van der Waals surface area contributed by atoms with Crippen molar-refractivity contribution in [3.05, 3.63) is 34.6 Å². The van der Waals surface area contributed by atoms with E-state index in [1.165, 1.54) is 12.1 Å². The molecule has 1 N–H and O–H groups in total. The molecule has 0 aromatic heterocycles. The van der Waals surface area contributed by atoms with E-state index in [2.05, 4.69) is 15.2 Å². The van der Waals surface area contributed by atoms with Gasteiger partial charge in [-0.3, -0.25) is 4.99 Å². The topological polar surface area (TPSA) is 46.1 Å². The Hall–Kier alpha value is -1.37. The molecule has 2 atom stereocenters. The van der Waals surface area contributed by atoms with Crippen LogP contribution in [-0.2, 0) is 15.9 Å². The molecule has 2 unspecified atom stereocenters. The molecule has 1 aromatic rings. The molecule has 2 saturated heterocycles. The lowest BCUT2D eigenvalue weighted by Gasteiger charge is -2.37. The minimum Gasteiger partial charge on any atom is -0.375 e. The van der Waals surface area contributed by atoms with Crippen LogP contribution in [0.15, 0.2) is 23.2 Å². The fraction of sp³-hybridized carbons (Fsp3) is 0.611. The Bertz CT molecular complexity index is 608. The Morgan fingerprint density at radius 2 is 2.20 bits per heavy atom. The number of nitrogens with zero attached hydrogens (tertiary/aromatic N) is 2. The van der Waals surface area contributed by atoms with Crippen LogP contribution in [0.3, 0.4) is 0 Å². The number of hydrogen-bond acceptors (Lipinski definition) is 3. The number of benzene rings is 1. The van der Waals surface area contributed by atoms with E-state index in [4.69, 9.17) is 21.1 Å². The molecule has 3 rings (SSSR count). The summed E-state index contributed by atoms with van der Waals surface area (Å²) in [5, 5.41) is 3.83. The van der Waals surface area contributed by atoms with Crippen LogP contribution in [0.4, 0.5) is 4.39 Å². The second-order valence-corrected chi connectivity index (χ2v) is 6.77. The van der Waals surface area contributed by atoms with Crippen LogP contribution in [0.1, 0.15) is 18.4 Å². The third-order valence-corrected chi connectivity index (χ3v) is 5.03. The summed E-state index contributed by atoms with van der Waals surface area (Å²) in [5.41, 5.74) is 0.922. The van der Waals surface area contributed by atoms with Crippen LogP contribution in [0.2, 0.25) is 5.02 Å². The first-order chi connectivity index (χ1) is 12.2. The molecule has 138 valence electrons. The van der Waals surface area contributed by atoms with Gasteiger partial charge in [-0.05, 0) is 37.0 Å². The van der Waals surface area contributed by atoms with E-state index in [1.807, 2.05) is 0 Å². The largest absolute Gasteiger partial charge is 0.375 e. The fourth-order valence-electron chi connectivity index (χ4n) is 3.35. The standard InChI is InChI=1S/C18H25ClFN3O2/c1-21-18(22-7-6-13-4-5-14(20)11-15(13)19)23-8-10-25-17(12-23)16-3-2-9-24-16/h4-5,11,16-17H,2-3,6-10,12H2,1H3,(H,21,22). The van der Waals surface area contributed by atoms with E-state index in [1.54, 1.807) is 13.1 Å². The van der Waals surface area contributed by atoms with Gasteiger partial charge in [0.2, 0.25) is 0 Å². The molecule has 7 heteroatoms. The van der Waals surface area contributed by atoms with Crippen LogP contribution < -0.4 is 5.32 Å². The molecule has 0 radical (unpaired) electrons. The second-order valence-electron chi connectivity index (χ2n) is 6.37. The van der Waals surface area contributed by atoms with Gasteiger partial charge < -0.3 is 19.7 Å². The molecule has 2 heterocycles. The number of halogens is 2. The van der Waals surface area contributed by atoms with Crippen molar-refractivity contribution in [2.45, 2.75) is 31.5 Å². The van der Waals surface area contributed by atoms with E-state index in [0.29, 0.717) is 24.6 Å². The summed E-state index contributed by atoms with van der Waals surface area (Å²) in [5.74, 6) is 0.538. The molecule has 0 saturated carbocycles. The van der Waals surface area contributed by atoms with Crippen molar-refractivity contribution in [2.75, 3.05) is 39.9 Å². The molecule has 2 aliphatic rings. The summed E-state index contributed by atoms with van der Waals surface area (Å²) in [6, 6.07) is 4.51. The average Bonchev–Trinajstić information content (AvgIpc) is 3.15. The van der Waals surface area contributed by atoms with Gasteiger partial charge in [-0.2, -0.15) is 0 Å². The van der Waals surface area contributed by atoms with E-state index < -0.39 is 0 Å². The second kappa shape index (κ2) is 8.83. The molecule has 5 nitrogen and oxygen atoms in total. The predicted molar refractivity (Wildman–Crippen MR) is 96.8 cm³/mol. The van der Waals surface area contributed by atoms with E-state index >= 15 is 0 Å². The first-order valence-electron chi connectivity index (χ1n) is 8.80. The van der Waals surface area contributed by atoms with Gasteiger partial charge in [0.15, 0.2) is 5.96 Å². The maximum atomic E-state index is 13.1. The van der Waals surface area contributed by atoms with E-state index in [-0.39, 0.29) is 18.0 Å². The highest BCUT2D eigenvalue weighted by Gasteiger charge is 2.32. The minimum atomic E-state index is -0.314. The lowest BCUT2D eigenvalue weighted by atomic mass is 10.1. The summed E-state index contributed by atoms with van der Waals surface area (Å²) in [4.78, 5) is 6.59. The van der Waals surface area contributed by atoms with Gasteiger partial charge in [-0.1, -0.05) is 17.7 Å². The van der Waals surface area contributed by atoms with Crippen LogP contribution >= 0.6 is 11.6 Å². The Morgan fingerprint density at radius 3 is 2.92 bits per heavy atom. The van der Waals surface area contributed by atoms with Crippen LogP contribution in [0, 0.1) is 5.82 Å². The third kappa shape index (κ3) is 4.84. The first-order valence-corrected chi connectivity index (χ1v) is 9.18. The van der Waals surface area contributed by atoms with Crippen molar-refractivity contribution in [3.8, 4) is 0 Å². The van der Waals surface area contributed by atoms with Crippen molar-refractivity contribution in [2.24, 2.45) is 4.99 Å². The van der Waals surface area contributed by atoms with Crippen LogP contribution in [-0.4, -0.2) is 63.0 Å². The van der Waals surface area contributed by atoms with Gasteiger partial charge in [0.1, 0.15) is 11.9 Å². The highest BCUT2D eigenvalue weighted by molar-refractivity contribution is 6.31. The van der Waals surface area contributed by atoms with Crippen molar-refractivity contribution in [1.29, 1.82) is 0 Å². The third-order valence-electron chi connectivity index (χ3n) is 4.68. The van der Waals surface area contributed by atoms with Crippen LogP contribution in [0.5, 0.6) is 0 Å². The Balaban J connectivity index is 1.51. The summed E-state index contributed by atoms with van der Waals surface area (Å²) in [6.45, 7) is 3.77. The van der Waals surface area contributed by atoms with Crippen molar-refractivity contribution in [1.82, 2.24) is 10.2 Å². The van der Waals surface area contributed by atoms with Gasteiger partial charge in [0, 0.05) is 38.3 Å². The number of hydrogen-bond donors (Lipinski definition) is 1. The number of ether oxygens (including phenoxy) is 2. The molecule has 2 aliphatic heterocycles. The lowest BCUT2D eigenvalue weighted by Crippen LogP contribution is -2.53. The summed E-state index contributed by atoms with van der Waals surface area (Å²) in [6.07, 6.45) is 3.17. The number of rotatable bonds is 4. The summed E-state index contributed by atoms with van der Waals surface area (Å²) in [7, 11) is 1.78. The zero-order valence-corrected chi connectivity index (χ0v) is 15.3. The van der Waals surface area contributed by atoms with Gasteiger partial charge in [0.05, 0.1) is 12.7 Å². The highest BCUT2D eigenvalue weighted by Crippen LogP contribution is 2.21. The van der Waals surface area contributed by atoms with E-state index in [0.717, 1.165) is 44.1 Å². The lowest BCUT2D eigenvalue weighted by molar-refractivity contribution is -0.0816.